The van der Waals surface area contributed by atoms with Crippen molar-refractivity contribution in [3.05, 3.63) is 23.8 Å². The lowest BCUT2D eigenvalue weighted by atomic mass is 10.1. The number of rotatable bonds is 1. The lowest BCUT2D eigenvalue weighted by Gasteiger charge is -1.97. The number of hydrogen-bond acceptors (Lipinski definition) is 4. The first-order valence-corrected chi connectivity index (χ1v) is 5.72. The fourth-order valence-electron chi connectivity index (χ4n) is 1.54. The molecule has 0 unspecified atom stereocenters. The molecule has 0 atom stereocenters. The molecule has 1 aliphatic rings. The zero-order chi connectivity index (χ0) is 10.2. The Hall–Kier alpha value is -1.45. The van der Waals surface area contributed by atoms with Crippen molar-refractivity contribution in [2.45, 2.75) is 11.3 Å². The van der Waals surface area contributed by atoms with Crippen molar-refractivity contribution in [1.29, 1.82) is 0 Å². The van der Waals surface area contributed by atoms with E-state index in [-0.39, 0.29) is 5.75 Å². The van der Waals surface area contributed by atoms with E-state index in [2.05, 4.69) is 4.99 Å². The molecule has 0 radical (unpaired) electrons. The minimum absolute atomic E-state index is 0.149. The Kier molecular flexibility index (Phi) is 1.98. The highest BCUT2D eigenvalue weighted by Crippen LogP contribution is 2.28. The molecule has 1 heterocycles. The van der Waals surface area contributed by atoms with E-state index < -0.39 is 9.84 Å². The van der Waals surface area contributed by atoms with Crippen molar-refractivity contribution >= 4 is 21.6 Å². The molecule has 2 rings (SSSR count). The van der Waals surface area contributed by atoms with Gasteiger partial charge in [-0.15, -0.1) is 0 Å². The Morgan fingerprint density at radius 3 is 2.86 bits per heavy atom. The van der Waals surface area contributed by atoms with Crippen LogP contribution in [0.25, 0.3) is 0 Å². The van der Waals surface area contributed by atoms with Crippen molar-refractivity contribution in [1.82, 2.24) is 0 Å². The van der Waals surface area contributed by atoms with Crippen LogP contribution in [-0.2, 0) is 21.1 Å². The average Bonchev–Trinajstić information content (AvgIpc) is 2.43. The van der Waals surface area contributed by atoms with E-state index in [0.29, 0.717) is 17.0 Å². The summed E-state index contributed by atoms with van der Waals surface area (Å²) >= 11 is 0. The summed E-state index contributed by atoms with van der Waals surface area (Å²) in [6.07, 6.45) is 1.92. The molecule has 0 aromatic heterocycles. The van der Waals surface area contributed by atoms with Crippen molar-refractivity contribution in [2.24, 2.45) is 4.99 Å². The Labute approximate surface area is 81.2 Å². The van der Waals surface area contributed by atoms with Crippen molar-refractivity contribution in [3.63, 3.8) is 0 Å². The van der Waals surface area contributed by atoms with Crippen LogP contribution in [0, 0.1) is 0 Å². The van der Waals surface area contributed by atoms with Crippen LogP contribution in [0.3, 0.4) is 0 Å². The summed E-state index contributed by atoms with van der Waals surface area (Å²) in [7, 11) is -3.08. The van der Waals surface area contributed by atoms with Gasteiger partial charge in [0.2, 0.25) is 6.08 Å². The number of fused-ring (bicyclic) bond motifs is 1. The van der Waals surface area contributed by atoms with Gasteiger partial charge in [-0.1, -0.05) is 0 Å². The molecule has 0 spiro atoms. The first kappa shape index (κ1) is 9.12. The Morgan fingerprint density at radius 2 is 2.14 bits per heavy atom. The SMILES string of the molecule is O=C=Nc1ccc2c(c1)CCS2(=O)=O. The molecule has 14 heavy (non-hydrogen) atoms. The molecule has 72 valence electrons. The average molecular weight is 209 g/mol. The Morgan fingerprint density at radius 1 is 1.36 bits per heavy atom. The second kappa shape index (κ2) is 3.04. The van der Waals surface area contributed by atoms with E-state index in [9.17, 15) is 13.2 Å². The van der Waals surface area contributed by atoms with Crippen LogP contribution >= 0.6 is 0 Å². The van der Waals surface area contributed by atoms with E-state index in [1.807, 2.05) is 0 Å². The number of nitrogens with zero attached hydrogens (tertiary/aromatic N) is 1. The molecule has 0 aliphatic carbocycles. The number of sulfone groups is 1. The monoisotopic (exact) mass is 209 g/mol. The fourth-order valence-corrected chi connectivity index (χ4v) is 3.09. The van der Waals surface area contributed by atoms with Gasteiger partial charge in [0, 0.05) is 0 Å². The first-order chi connectivity index (χ1) is 6.63. The largest absolute Gasteiger partial charge is 0.240 e. The number of hydrogen-bond donors (Lipinski definition) is 0. The number of isocyanates is 1. The van der Waals surface area contributed by atoms with Gasteiger partial charge in [-0.25, -0.2) is 13.2 Å². The van der Waals surface area contributed by atoms with Gasteiger partial charge >= 0.3 is 0 Å². The molecule has 0 bridgehead atoms. The maximum Gasteiger partial charge on any atom is 0.240 e. The van der Waals surface area contributed by atoms with E-state index >= 15 is 0 Å². The van der Waals surface area contributed by atoms with Crippen LogP contribution < -0.4 is 0 Å². The normalized spacial score (nSPS) is 17.1. The highest BCUT2D eigenvalue weighted by Gasteiger charge is 2.25. The predicted octanol–water partition coefficient (Wildman–Crippen LogP) is 0.984. The molecule has 5 heteroatoms. The van der Waals surface area contributed by atoms with Crippen LogP contribution in [-0.4, -0.2) is 20.3 Å². The molecule has 4 nitrogen and oxygen atoms in total. The van der Waals surface area contributed by atoms with Gasteiger partial charge in [0.1, 0.15) is 0 Å². The third-order valence-corrected chi connectivity index (χ3v) is 4.00. The minimum Gasteiger partial charge on any atom is -0.224 e. The molecule has 0 amide bonds. The molecule has 0 fully saturated rings. The topological polar surface area (TPSA) is 63.6 Å². The smallest absolute Gasteiger partial charge is 0.224 e. The second-order valence-corrected chi connectivity index (χ2v) is 5.14. The standard InChI is InChI=1S/C9H7NO3S/c11-6-10-8-1-2-9-7(5-8)3-4-14(9,12)13/h1-2,5H,3-4H2. The summed E-state index contributed by atoms with van der Waals surface area (Å²) in [5, 5.41) is 0. The molecule has 0 saturated carbocycles. The molecule has 0 saturated heterocycles. The van der Waals surface area contributed by atoms with E-state index in [1.54, 1.807) is 6.07 Å². The van der Waals surface area contributed by atoms with Crippen LogP contribution in [0.4, 0.5) is 5.69 Å². The van der Waals surface area contributed by atoms with Gasteiger partial charge in [0.05, 0.1) is 16.3 Å². The Bertz CT molecular complexity index is 527. The van der Waals surface area contributed by atoms with Crippen molar-refractivity contribution < 1.29 is 13.2 Å². The van der Waals surface area contributed by atoms with Crippen LogP contribution in [0.15, 0.2) is 28.1 Å². The predicted molar refractivity (Wildman–Crippen MR) is 50.0 cm³/mol. The van der Waals surface area contributed by atoms with Gasteiger partial charge in [0.15, 0.2) is 9.84 Å². The molecular formula is C9H7NO3S. The lowest BCUT2D eigenvalue weighted by Crippen LogP contribution is -1.98. The maximum absolute atomic E-state index is 11.4. The number of benzene rings is 1. The number of aliphatic imine (C=N–C) groups is 1. The summed E-state index contributed by atoms with van der Waals surface area (Å²) in [5.41, 5.74) is 1.19. The van der Waals surface area contributed by atoms with Crippen LogP contribution in [0.2, 0.25) is 0 Å². The second-order valence-electron chi connectivity index (χ2n) is 3.06. The molecular weight excluding hydrogens is 202 g/mol. The van der Waals surface area contributed by atoms with Gasteiger partial charge < -0.3 is 0 Å². The zero-order valence-corrected chi connectivity index (χ0v) is 8.04. The third kappa shape index (κ3) is 1.36. The van der Waals surface area contributed by atoms with E-state index in [0.717, 1.165) is 5.56 Å². The summed E-state index contributed by atoms with van der Waals surface area (Å²) in [5.74, 6) is 0.149. The third-order valence-electron chi connectivity index (χ3n) is 2.19. The van der Waals surface area contributed by atoms with E-state index in [4.69, 9.17) is 0 Å². The number of aryl methyl sites for hydroxylation is 1. The lowest BCUT2D eigenvalue weighted by molar-refractivity contribution is 0.565. The van der Waals surface area contributed by atoms with Gasteiger partial charge in [0.25, 0.3) is 0 Å². The van der Waals surface area contributed by atoms with Crippen LogP contribution in [0.5, 0.6) is 0 Å². The van der Waals surface area contributed by atoms with Gasteiger partial charge in [-0.3, -0.25) is 0 Å². The molecule has 1 aliphatic heterocycles. The number of carbonyl (C=O) groups excluding carboxylic acids is 1. The van der Waals surface area contributed by atoms with Crippen LogP contribution in [0.1, 0.15) is 5.56 Å². The molecule has 1 aromatic rings. The molecule has 1 aromatic carbocycles. The summed E-state index contributed by atoms with van der Waals surface area (Å²) in [4.78, 5) is 13.8. The highest BCUT2D eigenvalue weighted by molar-refractivity contribution is 7.91. The highest BCUT2D eigenvalue weighted by atomic mass is 32.2. The maximum atomic E-state index is 11.4. The van der Waals surface area contributed by atoms with Crippen molar-refractivity contribution in [3.8, 4) is 0 Å². The molecule has 0 N–H and O–H groups in total. The van der Waals surface area contributed by atoms with E-state index in [1.165, 1.54) is 18.2 Å². The van der Waals surface area contributed by atoms with Crippen molar-refractivity contribution in [2.75, 3.05) is 5.75 Å². The fraction of sp³-hybridized carbons (Fsp3) is 0.222. The summed E-state index contributed by atoms with van der Waals surface area (Å²) < 4.78 is 22.8. The van der Waals surface area contributed by atoms with Gasteiger partial charge in [-0.2, -0.15) is 4.99 Å². The summed E-state index contributed by atoms with van der Waals surface area (Å²) in [6.45, 7) is 0. The zero-order valence-electron chi connectivity index (χ0n) is 7.23. The quantitative estimate of drug-likeness (QED) is 0.511. The first-order valence-electron chi connectivity index (χ1n) is 4.07. The van der Waals surface area contributed by atoms with Gasteiger partial charge in [-0.05, 0) is 30.2 Å². The summed E-state index contributed by atoms with van der Waals surface area (Å²) in [6, 6.07) is 4.62. The minimum atomic E-state index is -3.08. The Balaban J connectivity index is 2.60.